The summed E-state index contributed by atoms with van der Waals surface area (Å²) in [6, 6.07) is 12.5. The lowest BCUT2D eigenvalue weighted by molar-refractivity contribution is -0.253. The van der Waals surface area contributed by atoms with Gasteiger partial charge in [0.25, 0.3) is 5.91 Å². The third-order valence-electron chi connectivity index (χ3n) is 7.81. The summed E-state index contributed by atoms with van der Waals surface area (Å²) in [4.78, 5) is 29.1. The molecule has 0 bridgehead atoms. The number of nitrogens with one attached hydrogen (secondary N) is 1. The number of ether oxygens (including phenoxy) is 1. The molecule has 1 atom stereocenters. The standard InChI is InChI=1S/C35H28ClF9N2O4/c36-24-11-13-29(46-19-24)33(23-15-25(37)17-26(16-23)51-35(44,45)32(39)40,47-31(50)21-10-12-28(38)27(14-21)34(41,42)43)18-22-8-5-4-7-20(22)6-2-1-3-9-30(48)49/h4-5,7-8,10-17,19,32H,1-3,6,9,18H2,(H,47,50)(H,48,49)/t33-/m0/s1. The Labute approximate surface area is 290 Å². The van der Waals surface area contributed by atoms with E-state index in [1.165, 1.54) is 12.1 Å². The molecule has 0 aliphatic heterocycles. The van der Waals surface area contributed by atoms with E-state index in [9.17, 15) is 44.7 Å². The lowest BCUT2D eigenvalue weighted by atomic mass is 9.78. The van der Waals surface area contributed by atoms with Gasteiger partial charge in [-0.1, -0.05) is 42.3 Å². The predicted molar refractivity (Wildman–Crippen MR) is 167 cm³/mol. The molecule has 0 spiro atoms. The van der Waals surface area contributed by atoms with Crippen molar-refractivity contribution < 1.29 is 58.9 Å². The minimum atomic E-state index is -5.21. The maximum Gasteiger partial charge on any atom is 0.461 e. The molecular formula is C35H28ClF9N2O4. The van der Waals surface area contributed by atoms with E-state index in [1.54, 1.807) is 24.3 Å². The SMILES string of the molecule is O=C(O)CCCCCc1ccccc1C[C@](NC(=O)c1ccc(F)c(C(F)(F)F)c1)(c1cc(F)cc(OC(F)(F)C(F)F)c1)c1ccc(Cl)cn1. The highest BCUT2D eigenvalue weighted by Crippen LogP contribution is 2.39. The fourth-order valence-corrected chi connectivity index (χ4v) is 5.51. The number of carboxylic acid groups (broad SMARTS) is 1. The van der Waals surface area contributed by atoms with Crippen LogP contribution in [0.2, 0.25) is 5.02 Å². The van der Waals surface area contributed by atoms with E-state index in [0.29, 0.717) is 48.9 Å². The van der Waals surface area contributed by atoms with Gasteiger partial charge in [-0.05, 0) is 78.4 Å². The molecule has 2 N–H and O–H groups in total. The summed E-state index contributed by atoms with van der Waals surface area (Å²) in [6.07, 6.45) is -12.2. The van der Waals surface area contributed by atoms with Crippen LogP contribution in [-0.4, -0.2) is 34.5 Å². The number of rotatable bonds is 15. The molecule has 0 saturated heterocycles. The highest BCUT2D eigenvalue weighted by molar-refractivity contribution is 6.30. The average molecular weight is 747 g/mol. The number of carboxylic acids is 1. The lowest BCUT2D eigenvalue weighted by Gasteiger charge is -2.36. The molecule has 0 aliphatic rings. The van der Waals surface area contributed by atoms with E-state index in [0.717, 1.165) is 24.4 Å². The Balaban J connectivity index is 1.93. The fourth-order valence-electron chi connectivity index (χ4n) is 5.40. The Bertz CT molecular complexity index is 1860. The Morgan fingerprint density at radius 1 is 0.882 bits per heavy atom. The fraction of sp³-hybridized carbons (Fsp3) is 0.286. The Hall–Kier alpha value is -4.79. The molecule has 16 heteroatoms. The van der Waals surface area contributed by atoms with Gasteiger partial charge in [-0.25, -0.2) is 8.78 Å². The van der Waals surface area contributed by atoms with E-state index in [-0.39, 0.29) is 29.6 Å². The lowest BCUT2D eigenvalue weighted by Crippen LogP contribution is -2.49. The quantitative estimate of drug-likeness (QED) is 0.0936. The van der Waals surface area contributed by atoms with E-state index < -0.39 is 70.2 Å². The van der Waals surface area contributed by atoms with Gasteiger partial charge >= 0.3 is 24.7 Å². The van der Waals surface area contributed by atoms with E-state index in [2.05, 4.69) is 15.0 Å². The Morgan fingerprint density at radius 2 is 1.59 bits per heavy atom. The van der Waals surface area contributed by atoms with Gasteiger partial charge in [0.05, 0.1) is 16.3 Å². The zero-order valence-electron chi connectivity index (χ0n) is 26.2. The van der Waals surface area contributed by atoms with Crippen LogP contribution in [0.5, 0.6) is 5.75 Å². The first-order valence-electron chi connectivity index (χ1n) is 15.2. The maximum absolute atomic E-state index is 15.2. The van der Waals surface area contributed by atoms with Gasteiger partial charge < -0.3 is 15.2 Å². The second kappa shape index (κ2) is 16.0. The molecule has 51 heavy (non-hydrogen) atoms. The number of nitrogens with zero attached hydrogens (tertiary/aromatic N) is 1. The number of aryl methyl sites for hydroxylation is 1. The van der Waals surface area contributed by atoms with Crippen molar-refractivity contribution in [2.24, 2.45) is 0 Å². The summed E-state index contributed by atoms with van der Waals surface area (Å²) in [6.45, 7) is 0. The number of carbonyl (C=O) groups is 2. The van der Waals surface area contributed by atoms with E-state index in [4.69, 9.17) is 16.7 Å². The van der Waals surface area contributed by atoms with Gasteiger partial charge in [0.15, 0.2) is 0 Å². The number of benzene rings is 3. The molecule has 0 saturated carbocycles. The van der Waals surface area contributed by atoms with Gasteiger partial charge in [-0.3, -0.25) is 14.6 Å². The van der Waals surface area contributed by atoms with Crippen LogP contribution in [0.25, 0.3) is 0 Å². The number of amides is 1. The van der Waals surface area contributed by atoms with Gasteiger partial charge in [0, 0.05) is 30.7 Å². The number of pyridine rings is 1. The van der Waals surface area contributed by atoms with Gasteiger partial charge in [-0.15, -0.1) is 0 Å². The molecule has 4 aromatic rings. The molecule has 0 unspecified atom stereocenters. The first kappa shape index (κ1) is 39.0. The monoisotopic (exact) mass is 746 g/mol. The summed E-state index contributed by atoms with van der Waals surface area (Å²) in [5.74, 6) is -6.29. The minimum absolute atomic E-state index is 0.0625. The number of hydrogen-bond acceptors (Lipinski definition) is 4. The Kier molecular flexibility index (Phi) is 12.3. The third-order valence-corrected chi connectivity index (χ3v) is 8.03. The highest BCUT2D eigenvalue weighted by atomic mass is 35.5. The topological polar surface area (TPSA) is 88.5 Å². The summed E-state index contributed by atoms with van der Waals surface area (Å²) >= 11 is 6.06. The van der Waals surface area contributed by atoms with Crippen LogP contribution >= 0.6 is 11.6 Å². The van der Waals surface area contributed by atoms with Crippen molar-refractivity contribution in [2.45, 2.75) is 62.8 Å². The molecule has 272 valence electrons. The molecule has 4 rings (SSSR count). The van der Waals surface area contributed by atoms with Crippen molar-refractivity contribution in [3.05, 3.63) is 129 Å². The molecule has 0 radical (unpaired) electrons. The second-order valence-electron chi connectivity index (χ2n) is 11.5. The number of hydrogen-bond donors (Lipinski definition) is 2. The normalized spacial score (nSPS) is 13.2. The summed E-state index contributed by atoms with van der Waals surface area (Å²) in [7, 11) is 0. The number of alkyl halides is 7. The molecule has 1 amide bonds. The van der Waals surface area contributed by atoms with Crippen LogP contribution in [0.1, 0.15) is 64.0 Å². The van der Waals surface area contributed by atoms with Crippen molar-refractivity contribution in [2.75, 3.05) is 0 Å². The van der Waals surface area contributed by atoms with Crippen LogP contribution in [0.4, 0.5) is 39.5 Å². The predicted octanol–water partition coefficient (Wildman–Crippen LogP) is 9.37. The third kappa shape index (κ3) is 9.93. The van der Waals surface area contributed by atoms with Crippen molar-refractivity contribution >= 4 is 23.5 Å². The van der Waals surface area contributed by atoms with Crippen LogP contribution in [0.3, 0.4) is 0 Å². The smallest absolute Gasteiger partial charge is 0.461 e. The van der Waals surface area contributed by atoms with E-state index >= 15 is 4.39 Å². The summed E-state index contributed by atoms with van der Waals surface area (Å²) < 4.78 is 129. The highest BCUT2D eigenvalue weighted by Gasteiger charge is 2.45. The Morgan fingerprint density at radius 3 is 2.22 bits per heavy atom. The van der Waals surface area contributed by atoms with Gasteiger partial charge in [-0.2, -0.15) is 30.7 Å². The number of carbonyl (C=O) groups excluding carboxylic acids is 1. The van der Waals surface area contributed by atoms with Crippen molar-refractivity contribution in [1.29, 1.82) is 0 Å². The maximum atomic E-state index is 15.2. The second-order valence-corrected chi connectivity index (χ2v) is 11.9. The van der Waals surface area contributed by atoms with Crippen LogP contribution in [0, 0.1) is 11.6 Å². The average Bonchev–Trinajstić information content (AvgIpc) is 3.04. The first-order valence-corrected chi connectivity index (χ1v) is 15.5. The number of unbranched alkanes of at least 4 members (excludes halogenated alkanes) is 2. The van der Waals surface area contributed by atoms with Crippen molar-refractivity contribution in [3.63, 3.8) is 0 Å². The molecule has 3 aromatic carbocycles. The summed E-state index contributed by atoms with van der Waals surface area (Å²) in [5.41, 5.74) is -4.12. The van der Waals surface area contributed by atoms with Gasteiger partial charge in [0.2, 0.25) is 0 Å². The minimum Gasteiger partial charge on any atom is -0.481 e. The largest absolute Gasteiger partial charge is 0.481 e. The van der Waals surface area contributed by atoms with Crippen molar-refractivity contribution in [3.8, 4) is 5.75 Å². The van der Waals surface area contributed by atoms with Gasteiger partial charge in [0.1, 0.15) is 22.9 Å². The molecular weight excluding hydrogens is 719 g/mol. The number of aromatic nitrogens is 1. The van der Waals surface area contributed by atoms with Crippen LogP contribution in [0.15, 0.2) is 79.0 Å². The number of halogens is 10. The molecule has 6 nitrogen and oxygen atoms in total. The zero-order chi connectivity index (χ0) is 37.6. The molecule has 0 aliphatic carbocycles. The van der Waals surface area contributed by atoms with Crippen molar-refractivity contribution in [1.82, 2.24) is 10.3 Å². The summed E-state index contributed by atoms with van der Waals surface area (Å²) in [5, 5.41) is 11.6. The van der Waals surface area contributed by atoms with Crippen LogP contribution in [-0.2, 0) is 29.4 Å². The molecule has 1 heterocycles. The molecule has 1 aromatic heterocycles. The first-order chi connectivity index (χ1) is 23.9. The zero-order valence-corrected chi connectivity index (χ0v) is 27.0. The number of aliphatic carboxylic acids is 1. The molecule has 0 fully saturated rings. The van der Waals surface area contributed by atoms with Crippen LogP contribution < -0.4 is 10.1 Å². The van der Waals surface area contributed by atoms with E-state index in [1.807, 2.05) is 0 Å².